The van der Waals surface area contributed by atoms with Crippen molar-refractivity contribution in [3.8, 4) is 0 Å². The molecule has 0 aromatic carbocycles. The Morgan fingerprint density at radius 1 is 1.43 bits per heavy atom. The number of hydrogen-bond donors (Lipinski definition) is 1. The first-order chi connectivity index (χ1) is 10.9. The van der Waals surface area contributed by atoms with Gasteiger partial charge in [-0.3, -0.25) is 0 Å². The predicted octanol–water partition coefficient (Wildman–Crippen LogP) is 3.80. The van der Waals surface area contributed by atoms with Crippen LogP contribution in [0.25, 0.3) is 0 Å². The van der Waals surface area contributed by atoms with Gasteiger partial charge in [0.15, 0.2) is 0 Å². The quantitative estimate of drug-likeness (QED) is 0.636. The van der Waals surface area contributed by atoms with E-state index in [1.807, 2.05) is 12.2 Å². The van der Waals surface area contributed by atoms with Crippen LogP contribution >= 0.6 is 0 Å². The Bertz CT molecular complexity index is 573. The lowest BCUT2D eigenvalue weighted by Gasteiger charge is -2.57. The molecule has 2 aliphatic carbocycles. The summed E-state index contributed by atoms with van der Waals surface area (Å²) in [5.74, 6) is 0.536. The zero-order chi connectivity index (χ0) is 16.7. The van der Waals surface area contributed by atoms with Crippen molar-refractivity contribution in [2.24, 2.45) is 22.7 Å². The predicted molar refractivity (Wildman–Crippen MR) is 90.7 cm³/mol. The van der Waals surface area contributed by atoms with E-state index < -0.39 is 0 Å². The van der Waals surface area contributed by atoms with E-state index in [2.05, 4.69) is 26.5 Å². The van der Waals surface area contributed by atoms with Crippen molar-refractivity contribution in [2.45, 2.75) is 46.0 Å². The number of allylic oxidation sites excluding steroid dienone is 2. The highest BCUT2D eigenvalue weighted by Gasteiger charge is 2.53. The Balaban J connectivity index is 1.90. The molecule has 1 N–H and O–H groups in total. The van der Waals surface area contributed by atoms with Crippen molar-refractivity contribution in [2.75, 3.05) is 13.2 Å². The summed E-state index contributed by atoms with van der Waals surface area (Å²) >= 11 is 0. The number of rotatable bonds is 3. The van der Waals surface area contributed by atoms with Gasteiger partial charge in [0.2, 0.25) is 0 Å². The minimum absolute atomic E-state index is 0.00530. The van der Waals surface area contributed by atoms with Crippen LogP contribution in [0.1, 0.15) is 46.0 Å². The van der Waals surface area contributed by atoms with Crippen molar-refractivity contribution in [1.29, 1.82) is 0 Å². The summed E-state index contributed by atoms with van der Waals surface area (Å²) in [5, 5.41) is 9.98. The van der Waals surface area contributed by atoms with Gasteiger partial charge >= 0.3 is 5.97 Å². The van der Waals surface area contributed by atoms with Crippen LogP contribution in [-0.4, -0.2) is 24.3 Å². The highest BCUT2D eigenvalue weighted by atomic mass is 16.5. The van der Waals surface area contributed by atoms with Gasteiger partial charge in [-0.2, -0.15) is 0 Å². The van der Waals surface area contributed by atoms with Gasteiger partial charge in [0, 0.05) is 12.5 Å². The van der Waals surface area contributed by atoms with Gasteiger partial charge in [-0.25, -0.2) is 4.79 Å². The summed E-state index contributed by atoms with van der Waals surface area (Å²) in [7, 11) is 0. The Morgan fingerprint density at radius 2 is 2.22 bits per heavy atom. The van der Waals surface area contributed by atoms with Gasteiger partial charge in [0.05, 0.1) is 5.57 Å². The maximum absolute atomic E-state index is 11.6. The monoisotopic (exact) mass is 316 g/mol. The van der Waals surface area contributed by atoms with Gasteiger partial charge in [-0.05, 0) is 48.5 Å². The largest absolute Gasteiger partial charge is 0.458 e. The topological polar surface area (TPSA) is 46.5 Å². The highest BCUT2D eigenvalue weighted by molar-refractivity contribution is 5.93. The molecule has 3 rings (SSSR count). The lowest BCUT2D eigenvalue weighted by molar-refractivity contribution is -0.135. The lowest BCUT2D eigenvalue weighted by Crippen LogP contribution is -2.51. The third-order valence-corrected chi connectivity index (χ3v) is 6.59. The van der Waals surface area contributed by atoms with Crippen LogP contribution in [0.15, 0.2) is 36.0 Å². The van der Waals surface area contributed by atoms with E-state index in [9.17, 15) is 9.90 Å². The molecule has 0 aromatic heterocycles. The van der Waals surface area contributed by atoms with Crippen LogP contribution in [0.3, 0.4) is 0 Å². The first kappa shape index (κ1) is 16.5. The highest BCUT2D eigenvalue weighted by Crippen LogP contribution is 2.61. The number of carbonyl (C=O) groups excluding carboxylic acids is 1. The molecule has 3 aliphatic rings. The molecular weight excluding hydrogens is 288 g/mol. The third-order valence-electron chi connectivity index (χ3n) is 6.59. The first-order valence-corrected chi connectivity index (χ1v) is 8.75. The molecule has 4 atom stereocenters. The summed E-state index contributed by atoms with van der Waals surface area (Å²) < 4.78 is 4.98. The zero-order valence-corrected chi connectivity index (χ0v) is 14.3. The van der Waals surface area contributed by atoms with Crippen LogP contribution in [0, 0.1) is 22.7 Å². The standard InChI is InChI=1S/C20H28O3/c1-14-5-8-17-19(2,13-21)10-4-11-20(17,3)16(14)7-6-15-9-12-23-18(15)22/h6-7,9,16-17,21H,1,4-5,8,10-13H2,2-3H3. The SMILES string of the molecule is C=C1CCC2C(C)(CO)CCCC2(C)C1C=CC1=CCOC1=O. The molecule has 0 radical (unpaired) electrons. The maximum Gasteiger partial charge on any atom is 0.338 e. The molecule has 0 amide bonds. The molecule has 3 heteroatoms. The molecule has 2 saturated carbocycles. The van der Waals surface area contributed by atoms with Crippen LogP contribution < -0.4 is 0 Å². The molecule has 3 nitrogen and oxygen atoms in total. The van der Waals surface area contributed by atoms with E-state index in [4.69, 9.17) is 4.74 Å². The van der Waals surface area contributed by atoms with Gasteiger partial charge < -0.3 is 9.84 Å². The number of fused-ring (bicyclic) bond motifs is 1. The fraction of sp³-hybridized carbons (Fsp3) is 0.650. The van der Waals surface area contributed by atoms with Gasteiger partial charge in [-0.15, -0.1) is 0 Å². The first-order valence-electron chi connectivity index (χ1n) is 8.75. The summed E-state index contributed by atoms with van der Waals surface area (Å²) in [5.41, 5.74) is 2.04. The second-order valence-electron chi connectivity index (χ2n) is 8.02. The second-order valence-corrected chi connectivity index (χ2v) is 8.02. The molecule has 23 heavy (non-hydrogen) atoms. The third kappa shape index (κ3) is 2.69. The molecule has 1 heterocycles. The molecule has 2 fully saturated rings. The summed E-state index contributed by atoms with van der Waals surface area (Å²) in [6.07, 6.45) is 11.4. The fourth-order valence-corrected chi connectivity index (χ4v) is 5.27. The van der Waals surface area contributed by atoms with E-state index in [1.54, 1.807) is 0 Å². The van der Waals surface area contributed by atoms with Crippen LogP contribution in [0.2, 0.25) is 0 Å². The molecule has 0 bridgehead atoms. The van der Waals surface area contributed by atoms with Crippen LogP contribution in [0.5, 0.6) is 0 Å². The average molecular weight is 316 g/mol. The number of aliphatic hydroxyl groups is 1. The van der Waals surface area contributed by atoms with Crippen molar-refractivity contribution < 1.29 is 14.6 Å². The summed E-state index contributed by atoms with van der Waals surface area (Å²) in [6.45, 7) is 9.55. The summed E-state index contributed by atoms with van der Waals surface area (Å²) in [6, 6.07) is 0. The molecule has 0 spiro atoms. The Morgan fingerprint density at radius 3 is 2.87 bits per heavy atom. The zero-order valence-electron chi connectivity index (χ0n) is 14.3. The van der Waals surface area contributed by atoms with E-state index in [0.717, 1.165) is 32.1 Å². The van der Waals surface area contributed by atoms with Crippen molar-refractivity contribution in [3.05, 3.63) is 36.0 Å². The van der Waals surface area contributed by atoms with E-state index in [1.165, 1.54) is 5.57 Å². The van der Waals surface area contributed by atoms with Crippen molar-refractivity contribution in [1.82, 2.24) is 0 Å². The average Bonchev–Trinajstić information content (AvgIpc) is 2.91. The Kier molecular flexibility index (Phi) is 4.26. The second kappa shape index (κ2) is 5.94. The number of carbonyl (C=O) groups is 1. The van der Waals surface area contributed by atoms with Crippen LogP contribution in [0.4, 0.5) is 0 Å². The number of esters is 1. The van der Waals surface area contributed by atoms with Crippen molar-refractivity contribution in [3.63, 3.8) is 0 Å². The maximum atomic E-state index is 11.6. The summed E-state index contributed by atoms with van der Waals surface area (Å²) in [4.78, 5) is 11.6. The van der Waals surface area contributed by atoms with Gasteiger partial charge in [0.25, 0.3) is 0 Å². The minimum atomic E-state index is -0.229. The number of hydrogen-bond acceptors (Lipinski definition) is 3. The van der Waals surface area contributed by atoms with E-state index in [0.29, 0.717) is 18.1 Å². The van der Waals surface area contributed by atoms with E-state index in [-0.39, 0.29) is 29.3 Å². The molecule has 0 aromatic rings. The fourth-order valence-electron chi connectivity index (χ4n) is 5.27. The number of cyclic esters (lactones) is 1. The molecular formula is C20H28O3. The molecule has 1 aliphatic heterocycles. The molecule has 4 unspecified atom stereocenters. The molecule has 126 valence electrons. The smallest absolute Gasteiger partial charge is 0.338 e. The van der Waals surface area contributed by atoms with Gasteiger partial charge in [0.1, 0.15) is 6.61 Å². The van der Waals surface area contributed by atoms with Crippen LogP contribution in [-0.2, 0) is 9.53 Å². The minimum Gasteiger partial charge on any atom is -0.458 e. The Hall–Kier alpha value is -1.35. The Labute approximate surface area is 139 Å². The van der Waals surface area contributed by atoms with E-state index >= 15 is 0 Å². The number of ether oxygens (including phenoxy) is 1. The normalized spacial score (nSPS) is 40.9. The van der Waals surface area contributed by atoms with Crippen molar-refractivity contribution >= 4 is 5.97 Å². The number of aliphatic hydroxyl groups excluding tert-OH is 1. The lowest BCUT2D eigenvalue weighted by atomic mass is 9.47. The molecule has 0 saturated heterocycles. The van der Waals surface area contributed by atoms with Gasteiger partial charge in [-0.1, -0.05) is 44.6 Å².